The van der Waals surface area contributed by atoms with Gasteiger partial charge in [-0.25, -0.2) is 0 Å². The van der Waals surface area contributed by atoms with Crippen molar-refractivity contribution in [1.29, 1.82) is 0 Å². The lowest BCUT2D eigenvalue weighted by molar-refractivity contribution is 0.283. The Morgan fingerprint density at radius 1 is 1.09 bits per heavy atom. The van der Waals surface area contributed by atoms with Crippen molar-refractivity contribution in [2.24, 2.45) is 5.92 Å². The van der Waals surface area contributed by atoms with Crippen LogP contribution in [0.5, 0.6) is 0 Å². The zero-order chi connectivity index (χ0) is 15.2. The quantitative estimate of drug-likeness (QED) is 0.821. The van der Waals surface area contributed by atoms with Crippen LogP contribution in [0.2, 0.25) is 18.6 Å². The van der Waals surface area contributed by atoms with Crippen molar-refractivity contribution in [1.82, 2.24) is 15.2 Å². The highest BCUT2D eigenvalue weighted by Crippen LogP contribution is 2.54. The Bertz CT molecular complexity index is 577. The van der Waals surface area contributed by atoms with Gasteiger partial charge in [0.25, 0.3) is 0 Å². The third kappa shape index (κ3) is 2.29. The monoisotopic (exact) mass is 313 g/mol. The zero-order valence-electron chi connectivity index (χ0n) is 13.7. The van der Waals surface area contributed by atoms with Gasteiger partial charge >= 0.3 is 0 Å². The van der Waals surface area contributed by atoms with Crippen molar-refractivity contribution in [3.8, 4) is 0 Å². The minimum atomic E-state index is -1.44. The van der Waals surface area contributed by atoms with Gasteiger partial charge in [0.15, 0.2) is 0 Å². The molecule has 2 fully saturated rings. The molecule has 2 aliphatic carbocycles. The third-order valence-corrected chi connectivity index (χ3v) is 10.6. The first-order valence-electron chi connectivity index (χ1n) is 8.61. The van der Waals surface area contributed by atoms with E-state index < -0.39 is 8.24 Å². The first kappa shape index (κ1) is 14.6. The number of nitrogens with zero attached hydrogens (tertiary/aromatic N) is 1. The number of benzene rings is 1. The second-order valence-corrected chi connectivity index (χ2v) is 12.2. The molecule has 4 rings (SSSR count). The Kier molecular flexibility index (Phi) is 3.73. The average molecular weight is 314 g/mol. The molecule has 1 aliphatic heterocycles. The van der Waals surface area contributed by atoms with Crippen LogP contribution in [0, 0.1) is 5.92 Å². The summed E-state index contributed by atoms with van der Waals surface area (Å²) in [5, 5.41) is 6.97. The summed E-state index contributed by atoms with van der Waals surface area (Å²) < 4.78 is 2.71. The maximum atomic E-state index is 3.48. The van der Waals surface area contributed by atoms with Crippen molar-refractivity contribution >= 4 is 14.3 Å². The normalized spacial score (nSPS) is 31.8. The maximum absolute atomic E-state index is 3.48. The molecule has 0 spiro atoms. The lowest BCUT2D eigenvalue weighted by Crippen LogP contribution is -2.63. The van der Waals surface area contributed by atoms with E-state index in [0.29, 0.717) is 0 Å². The first-order chi connectivity index (χ1) is 10.7. The molecule has 0 aromatic heterocycles. The van der Waals surface area contributed by atoms with Crippen LogP contribution in [-0.2, 0) is 0 Å². The van der Waals surface area contributed by atoms with Gasteiger partial charge < -0.3 is 0 Å². The Labute approximate surface area is 134 Å². The molecular formula is C18H27N3Si. The second-order valence-electron chi connectivity index (χ2n) is 7.54. The van der Waals surface area contributed by atoms with E-state index in [2.05, 4.69) is 64.7 Å². The number of hydrogen-bond acceptors (Lipinski definition) is 3. The molecule has 1 saturated heterocycles. The fourth-order valence-corrected chi connectivity index (χ4v) is 8.53. The summed E-state index contributed by atoms with van der Waals surface area (Å²) in [5.41, 5.74) is 3.91. The molecule has 1 saturated carbocycles. The standard InChI is InChI=1S/C18H27N3Si/c1-22(2,21-12-19-11-20-13-21)18-10-9-16-15-6-4-3-5-14(15)7-8-17(16)18/h3-8,16-20H,9-13H2,1-2H3. The first-order valence-corrected chi connectivity index (χ1v) is 11.6. The summed E-state index contributed by atoms with van der Waals surface area (Å²) in [6, 6.07) is 9.01. The SMILES string of the molecule is C[Si](C)(C1CCC2c3ccccc3C=CC21)N1CNCNC1. The van der Waals surface area contributed by atoms with Crippen molar-refractivity contribution in [2.45, 2.75) is 37.4 Å². The van der Waals surface area contributed by atoms with Crippen LogP contribution in [-0.4, -0.2) is 32.8 Å². The van der Waals surface area contributed by atoms with E-state index in [-0.39, 0.29) is 0 Å². The van der Waals surface area contributed by atoms with E-state index in [1.165, 1.54) is 18.4 Å². The van der Waals surface area contributed by atoms with Crippen LogP contribution < -0.4 is 10.6 Å². The number of fused-ring (bicyclic) bond motifs is 3. The van der Waals surface area contributed by atoms with Crippen LogP contribution in [0.15, 0.2) is 30.3 Å². The van der Waals surface area contributed by atoms with E-state index >= 15 is 0 Å². The van der Waals surface area contributed by atoms with Gasteiger partial charge in [-0.1, -0.05) is 55.9 Å². The van der Waals surface area contributed by atoms with E-state index in [9.17, 15) is 0 Å². The fourth-order valence-electron chi connectivity index (χ4n) is 4.86. The average Bonchev–Trinajstić information content (AvgIpc) is 3.01. The van der Waals surface area contributed by atoms with Gasteiger partial charge in [-0.2, -0.15) is 0 Å². The molecule has 3 aliphatic rings. The van der Waals surface area contributed by atoms with Gasteiger partial charge in [0, 0.05) is 20.0 Å². The molecule has 3 unspecified atom stereocenters. The molecule has 1 aromatic rings. The van der Waals surface area contributed by atoms with Crippen LogP contribution in [0.4, 0.5) is 0 Å². The summed E-state index contributed by atoms with van der Waals surface area (Å²) in [4.78, 5) is 0. The van der Waals surface area contributed by atoms with E-state index in [1.807, 2.05) is 0 Å². The Hall–Kier alpha value is -0.943. The number of nitrogens with one attached hydrogen (secondary N) is 2. The predicted octanol–water partition coefficient (Wildman–Crippen LogP) is 3.15. The molecule has 1 aromatic carbocycles. The van der Waals surface area contributed by atoms with Gasteiger partial charge in [-0.15, -0.1) is 0 Å². The van der Waals surface area contributed by atoms with Crippen LogP contribution in [0.3, 0.4) is 0 Å². The van der Waals surface area contributed by atoms with Gasteiger partial charge in [0.1, 0.15) is 8.24 Å². The highest BCUT2D eigenvalue weighted by Gasteiger charge is 2.48. The Morgan fingerprint density at radius 2 is 1.86 bits per heavy atom. The lowest BCUT2D eigenvalue weighted by Gasteiger charge is -2.45. The van der Waals surface area contributed by atoms with E-state index in [1.54, 1.807) is 5.56 Å². The smallest absolute Gasteiger partial charge is 0.128 e. The molecule has 118 valence electrons. The molecule has 0 bridgehead atoms. The molecule has 3 nitrogen and oxygen atoms in total. The van der Waals surface area contributed by atoms with Crippen molar-refractivity contribution < 1.29 is 0 Å². The molecule has 2 N–H and O–H groups in total. The lowest BCUT2D eigenvalue weighted by atomic mass is 9.81. The topological polar surface area (TPSA) is 27.3 Å². The fraction of sp³-hybridized carbons (Fsp3) is 0.556. The molecule has 22 heavy (non-hydrogen) atoms. The maximum Gasteiger partial charge on any atom is 0.128 e. The molecule has 0 amide bonds. The van der Waals surface area contributed by atoms with Crippen molar-refractivity contribution in [3.05, 3.63) is 41.5 Å². The van der Waals surface area contributed by atoms with Gasteiger partial charge in [-0.3, -0.25) is 15.2 Å². The summed E-state index contributed by atoms with van der Waals surface area (Å²) >= 11 is 0. The molecule has 0 radical (unpaired) electrons. The van der Waals surface area contributed by atoms with E-state index in [0.717, 1.165) is 37.4 Å². The molecule has 3 atom stereocenters. The number of allylic oxidation sites excluding steroid dienone is 1. The highest BCUT2D eigenvalue weighted by molar-refractivity contribution is 6.76. The van der Waals surface area contributed by atoms with E-state index in [4.69, 9.17) is 0 Å². The van der Waals surface area contributed by atoms with Crippen LogP contribution in [0.1, 0.15) is 29.9 Å². The largest absolute Gasteiger partial charge is 0.299 e. The molecular weight excluding hydrogens is 286 g/mol. The van der Waals surface area contributed by atoms with Crippen LogP contribution in [0.25, 0.3) is 6.08 Å². The summed E-state index contributed by atoms with van der Waals surface area (Å²) in [5.74, 6) is 1.50. The number of rotatable bonds is 2. The van der Waals surface area contributed by atoms with Gasteiger partial charge in [0.05, 0.1) is 0 Å². The van der Waals surface area contributed by atoms with Gasteiger partial charge in [-0.05, 0) is 34.9 Å². The minimum Gasteiger partial charge on any atom is -0.299 e. The summed E-state index contributed by atoms with van der Waals surface area (Å²) in [6.07, 6.45) is 7.67. The zero-order valence-corrected chi connectivity index (χ0v) is 14.7. The highest BCUT2D eigenvalue weighted by atomic mass is 28.3. The van der Waals surface area contributed by atoms with Crippen molar-refractivity contribution in [3.63, 3.8) is 0 Å². The second kappa shape index (κ2) is 5.60. The number of hydrogen-bond donors (Lipinski definition) is 2. The molecule has 4 heteroatoms. The van der Waals surface area contributed by atoms with Crippen LogP contribution >= 0.6 is 0 Å². The predicted molar refractivity (Wildman–Crippen MR) is 94.9 cm³/mol. The third-order valence-electron chi connectivity index (χ3n) is 6.19. The Morgan fingerprint density at radius 3 is 2.68 bits per heavy atom. The van der Waals surface area contributed by atoms with Gasteiger partial charge in [0.2, 0.25) is 0 Å². The molecule has 1 heterocycles. The van der Waals surface area contributed by atoms with Crippen molar-refractivity contribution in [2.75, 3.05) is 20.0 Å². The summed E-state index contributed by atoms with van der Waals surface area (Å²) in [7, 11) is -1.44. The summed E-state index contributed by atoms with van der Waals surface area (Å²) in [6.45, 7) is 8.21. The Balaban J connectivity index is 1.61. The minimum absolute atomic E-state index is 0.749.